The molecule has 1 aromatic heterocycles. The van der Waals surface area contributed by atoms with E-state index in [1.165, 1.54) is 6.42 Å². The smallest absolute Gasteiger partial charge is 0.124 e. The Kier molecular flexibility index (Phi) is 2.80. The van der Waals surface area contributed by atoms with Gasteiger partial charge in [-0.3, -0.25) is 9.58 Å². The van der Waals surface area contributed by atoms with Gasteiger partial charge in [-0.25, -0.2) is 0 Å². The van der Waals surface area contributed by atoms with E-state index >= 15 is 0 Å². The molecule has 17 heavy (non-hydrogen) atoms. The largest absolute Gasteiger partial charge is 0.382 e. The zero-order chi connectivity index (χ0) is 12.0. The molecule has 2 atom stereocenters. The van der Waals surface area contributed by atoms with E-state index < -0.39 is 5.60 Å². The summed E-state index contributed by atoms with van der Waals surface area (Å²) in [4.78, 5) is 2.42. The summed E-state index contributed by atoms with van der Waals surface area (Å²) in [6, 6.07) is 0.279. The van der Waals surface area contributed by atoms with Gasteiger partial charge in [0.15, 0.2) is 0 Å². The summed E-state index contributed by atoms with van der Waals surface area (Å²) in [5, 5.41) is 15.4. The molecular weight excluding hydrogens is 282 g/mol. The average molecular weight is 300 g/mol. The Hall–Kier alpha value is -0.390. The van der Waals surface area contributed by atoms with Crippen LogP contribution in [0.4, 0.5) is 0 Å². The molecule has 0 bridgehead atoms. The lowest BCUT2D eigenvalue weighted by atomic mass is 9.89. The van der Waals surface area contributed by atoms with Crippen molar-refractivity contribution in [1.29, 1.82) is 0 Å². The molecular formula is C12H18BrN3O. The van der Waals surface area contributed by atoms with Crippen LogP contribution >= 0.6 is 15.9 Å². The van der Waals surface area contributed by atoms with Crippen LogP contribution in [0.3, 0.4) is 0 Å². The Morgan fingerprint density at radius 3 is 3.18 bits per heavy atom. The van der Waals surface area contributed by atoms with Gasteiger partial charge in [-0.2, -0.15) is 5.10 Å². The van der Waals surface area contributed by atoms with E-state index in [1.54, 1.807) is 6.20 Å². The van der Waals surface area contributed by atoms with Crippen LogP contribution in [0.1, 0.15) is 31.9 Å². The zero-order valence-corrected chi connectivity index (χ0v) is 11.7. The Morgan fingerprint density at radius 2 is 2.41 bits per heavy atom. The summed E-state index contributed by atoms with van der Waals surface area (Å²) in [6.45, 7) is 5.00. The molecule has 0 spiro atoms. The first kappa shape index (κ1) is 11.7. The van der Waals surface area contributed by atoms with E-state index in [1.807, 2.05) is 4.68 Å². The van der Waals surface area contributed by atoms with Gasteiger partial charge in [0.1, 0.15) is 5.60 Å². The maximum Gasteiger partial charge on any atom is 0.124 e. The Bertz CT molecular complexity index is 433. The molecule has 2 fully saturated rings. The molecule has 0 radical (unpaired) electrons. The van der Waals surface area contributed by atoms with Gasteiger partial charge >= 0.3 is 0 Å². The molecule has 3 rings (SSSR count). The molecule has 2 unspecified atom stereocenters. The minimum absolute atomic E-state index is 0.279. The molecule has 0 aromatic carbocycles. The third-order valence-electron chi connectivity index (χ3n) is 4.20. The fraction of sp³-hybridized carbons (Fsp3) is 0.750. The fourth-order valence-electron chi connectivity index (χ4n) is 3.42. The lowest BCUT2D eigenvalue weighted by Crippen LogP contribution is -2.40. The standard InChI is InChI=1S/C12H18BrN3O/c1-2-16-11(9(13)8-14-16)12(17)5-7-15-6-3-4-10(12)15/h8,10,17H,2-7H2,1H3. The minimum Gasteiger partial charge on any atom is -0.382 e. The Balaban J connectivity index is 2.04. The normalized spacial score (nSPS) is 33.2. The number of hydrogen-bond acceptors (Lipinski definition) is 3. The summed E-state index contributed by atoms with van der Waals surface area (Å²) in [6.07, 6.45) is 4.92. The highest BCUT2D eigenvalue weighted by Gasteiger charge is 2.51. The van der Waals surface area contributed by atoms with E-state index in [2.05, 4.69) is 32.9 Å². The van der Waals surface area contributed by atoms with Crippen molar-refractivity contribution in [2.24, 2.45) is 0 Å². The molecule has 2 aliphatic heterocycles. The third-order valence-corrected chi connectivity index (χ3v) is 4.78. The predicted molar refractivity (Wildman–Crippen MR) is 68.7 cm³/mol. The first-order chi connectivity index (χ1) is 8.16. The second kappa shape index (κ2) is 4.07. The molecule has 0 amide bonds. The summed E-state index contributed by atoms with van der Waals surface area (Å²) < 4.78 is 2.86. The molecule has 94 valence electrons. The van der Waals surface area contributed by atoms with E-state index in [4.69, 9.17) is 0 Å². The quantitative estimate of drug-likeness (QED) is 0.904. The second-order valence-electron chi connectivity index (χ2n) is 5.03. The maximum atomic E-state index is 11.1. The van der Waals surface area contributed by atoms with Gasteiger partial charge in [0.2, 0.25) is 0 Å². The van der Waals surface area contributed by atoms with Gasteiger partial charge in [0.25, 0.3) is 0 Å². The summed E-state index contributed by atoms with van der Waals surface area (Å²) in [5.41, 5.74) is 0.247. The van der Waals surface area contributed by atoms with Crippen molar-refractivity contribution in [2.75, 3.05) is 13.1 Å². The molecule has 3 heterocycles. The minimum atomic E-state index is -0.720. The highest BCUT2D eigenvalue weighted by molar-refractivity contribution is 9.10. The van der Waals surface area contributed by atoms with E-state index in [0.29, 0.717) is 0 Å². The van der Waals surface area contributed by atoms with Gasteiger partial charge in [0, 0.05) is 19.1 Å². The molecule has 4 nitrogen and oxygen atoms in total. The van der Waals surface area contributed by atoms with Crippen molar-refractivity contribution in [2.45, 2.75) is 44.4 Å². The Morgan fingerprint density at radius 1 is 1.59 bits per heavy atom. The van der Waals surface area contributed by atoms with Gasteiger partial charge in [-0.1, -0.05) is 0 Å². The van der Waals surface area contributed by atoms with Gasteiger partial charge in [-0.05, 0) is 48.7 Å². The van der Waals surface area contributed by atoms with E-state index in [0.717, 1.165) is 42.6 Å². The van der Waals surface area contributed by atoms with Crippen LogP contribution in [0.25, 0.3) is 0 Å². The highest BCUT2D eigenvalue weighted by Crippen LogP contribution is 2.44. The number of aromatic nitrogens is 2. The zero-order valence-electron chi connectivity index (χ0n) is 10.1. The van der Waals surface area contributed by atoms with E-state index in [-0.39, 0.29) is 6.04 Å². The van der Waals surface area contributed by atoms with Crippen LogP contribution in [0.2, 0.25) is 0 Å². The van der Waals surface area contributed by atoms with Gasteiger partial charge in [0.05, 0.1) is 16.4 Å². The molecule has 1 N–H and O–H groups in total. The van der Waals surface area contributed by atoms with Crippen molar-refractivity contribution in [1.82, 2.24) is 14.7 Å². The number of fused-ring (bicyclic) bond motifs is 1. The van der Waals surface area contributed by atoms with Crippen LogP contribution < -0.4 is 0 Å². The molecule has 2 aliphatic rings. The van der Waals surface area contributed by atoms with Crippen molar-refractivity contribution < 1.29 is 5.11 Å². The van der Waals surface area contributed by atoms with E-state index in [9.17, 15) is 5.11 Å². The predicted octanol–water partition coefficient (Wildman–Crippen LogP) is 1.72. The number of nitrogens with zero attached hydrogens (tertiary/aromatic N) is 3. The summed E-state index contributed by atoms with van der Waals surface area (Å²) >= 11 is 3.54. The molecule has 0 aliphatic carbocycles. The molecule has 0 saturated carbocycles. The fourth-order valence-corrected chi connectivity index (χ4v) is 4.06. The van der Waals surface area contributed by atoms with Crippen LogP contribution in [-0.2, 0) is 12.1 Å². The molecule has 2 saturated heterocycles. The number of aliphatic hydroxyl groups is 1. The van der Waals surface area contributed by atoms with Crippen LogP contribution in [-0.4, -0.2) is 38.9 Å². The maximum absolute atomic E-state index is 11.1. The lowest BCUT2D eigenvalue weighted by Gasteiger charge is -2.30. The monoisotopic (exact) mass is 299 g/mol. The summed E-state index contributed by atoms with van der Waals surface area (Å²) in [5.74, 6) is 0. The average Bonchev–Trinajstić information content (AvgIpc) is 2.97. The Labute approximate surface area is 110 Å². The lowest BCUT2D eigenvalue weighted by molar-refractivity contribution is 0.000610. The first-order valence-corrected chi connectivity index (χ1v) is 7.14. The van der Waals surface area contributed by atoms with Crippen LogP contribution in [0.15, 0.2) is 10.7 Å². The van der Waals surface area contributed by atoms with Crippen molar-refractivity contribution in [3.05, 3.63) is 16.4 Å². The topological polar surface area (TPSA) is 41.3 Å². The number of halogens is 1. The van der Waals surface area contributed by atoms with Crippen LogP contribution in [0, 0.1) is 0 Å². The van der Waals surface area contributed by atoms with Gasteiger partial charge < -0.3 is 5.11 Å². The van der Waals surface area contributed by atoms with Crippen molar-refractivity contribution >= 4 is 15.9 Å². The number of rotatable bonds is 2. The van der Waals surface area contributed by atoms with Crippen LogP contribution in [0.5, 0.6) is 0 Å². The number of hydrogen-bond donors (Lipinski definition) is 1. The number of aryl methyl sites for hydroxylation is 1. The van der Waals surface area contributed by atoms with Crippen molar-refractivity contribution in [3.63, 3.8) is 0 Å². The molecule has 1 aromatic rings. The highest BCUT2D eigenvalue weighted by atomic mass is 79.9. The molecule has 5 heteroatoms. The third kappa shape index (κ3) is 1.59. The second-order valence-corrected chi connectivity index (χ2v) is 5.88. The SMILES string of the molecule is CCn1ncc(Br)c1C1(O)CCN2CCCC21. The van der Waals surface area contributed by atoms with Crippen molar-refractivity contribution in [3.8, 4) is 0 Å². The summed E-state index contributed by atoms with van der Waals surface area (Å²) in [7, 11) is 0. The first-order valence-electron chi connectivity index (χ1n) is 6.35. The van der Waals surface area contributed by atoms with Gasteiger partial charge in [-0.15, -0.1) is 0 Å².